The van der Waals surface area contributed by atoms with Gasteiger partial charge in [0.05, 0.1) is 18.0 Å². The van der Waals surface area contributed by atoms with Gasteiger partial charge in [-0.3, -0.25) is 4.55 Å². The summed E-state index contributed by atoms with van der Waals surface area (Å²) in [6.45, 7) is 2.18. The maximum Gasteiger partial charge on any atom is 0.397 e. The van der Waals surface area contributed by atoms with E-state index in [9.17, 15) is 23.4 Å². The standard InChI is InChI=1S/C24H34O8S/c1-22-9-7-19-20(24(22,27)11-8-18(22)15-2-5-21(26)31-13-15)4-3-16-12-17(32-33(28,29)30)6-10-23(16,19)14-25/h2,5,13,16-20,25,27H,3-4,6-12,14H2,1H3,(H,28,29,30)/t16-,17+,18-,19+,20-,22-,23-,24+/m1/s1. The van der Waals surface area contributed by atoms with Crippen LogP contribution in [0.25, 0.3) is 0 Å². The first-order valence-corrected chi connectivity index (χ1v) is 13.5. The van der Waals surface area contributed by atoms with Crippen LogP contribution in [0.15, 0.2) is 27.6 Å². The maximum atomic E-state index is 12.2. The van der Waals surface area contributed by atoms with Crippen LogP contribution in [0.4, 0.5) is 0 Å². The molecule has 0 radical (unpaired) electrons. The van der Waals surface area contributed by atoms with E-state index < -0.39 is 22.1 Å². The Morgan fingerprint density at radius 2 is 1.88 bits per heavy atom. The van der Waals surface area contributed by atoms with Gasteiger partial charge in [0.15, 0.2) is 0 Å². The second kappa shape index (κ2) is 7.88. The molecule has 0 amide bonds. The van der Waals surface area contributed by atoms with E-state index in [0.717, 1.165) is 37.7 Å². The SMILES string of the molecule is C[C@]12CC[C@H]3[C@@H](CC[C@@H]4C[C@@H](OS(=O)(=O)O)CC[C@@]43CO)[C@@]1(O)CC[C@@H]2c1ccc(=O)oc1. The third-order valence-corrected chi connectivity index (χ3v) is 10.7. The molecular formula is C24H34O8S. The Balaban J connectivity index is 1.43. The molecule has 0 spiro atoms. The van der Waals surface area contributed by atoms with Crippen molar-refractivity contribution in [1.82, 2.24) is 0 Å². The van der Waals surface area contributed by atoms with Crippen molar-refractivity contribution in [2.75, 3.05) is 6.61 Å². The fraction of sp³-hybridized carbons (Fsp3) is 0.792. The second-order valence-electron chi connectivity index (χ2n) is 11.2. The monoisotopic (exact) mass is 482 g/mol. The van der Waals surface area contributed by atoms with E-state index in [1.807, 2.05) is 6.07 Å². The molecule has 0 unspecified atom stereocenters. The Labute approximate surface area is 194 Å². The summed E-state index contributed by atoms with van der Waals surface area (Å²) in [4.78, 5) is 11.5. The first kappa shape index (κ1) is 23.5. The molecule has 33 heavy (non-hydrogen) atoms. The van der Waals surface area contributed by atoms with Gasteiger partial charge in [-0.1, -0.05) is 6.92 Å². The van der Waals surface area contributed by atoms with Crippen LogP contribution in [0.2, 0.25) is 0 Å². The summed E-state index contributed by atoms with van der Waals surface area (Å²) in [5, 5.41) is 22.9. The molecule has 4 saturated carbocycles. The molecule has 4 fully saturated rings. The van der Waals surface area contributed by atoms with Crippen molar-refractivity contribution in [3.05, 3.63) is 34.4 Å². The summed E-state index contributed by atoms with van der Waals surface area (Å²) >= 11 is 0. The largest absolute Gasteiger partial charge is 0.431 e. The Kier molecular flexibility index (Phi) is 5.61. The average molecular weight is 483 g/mol. The van der Waals surface area contributed by atoms with Crippen molar-refractivity contribution in [2.45, 2.75) is 82.3 Å². The van der Waals surface area contributed by atoms with Gasteiger partial charge in [-0.2, -0.15) is 8.42 Å². The molecule has 0 bridgehead atoms. The van der Waals surface area contributed by atoms with E-state index in [4.69, 9.17) is 13.2 Å². The Bertz CT molecular complexity index is 1050. The molecule has 3 N–H and O–H groups in total. The number of hydrogen-bond acceptors (Lipinski definition) is 7. The number of rotatable bonds is 4. The van der Waals surface area contributed by atoms with Gasteiger partial charge in [0.2, 0.25) is 0 Å². The van der Waals surface area contributed by atoms with Gasteiger partial charge in [-0.05, 0) is 98.5 Å². The van der Waals surface area contributed by atoms with Gasteiger partial charge >= 0.3 is 16.0 Å². The van der Waals surface area contributed by atoms with Crippen molar-refractivity contribution in [3.8, 4) is 0 Å². The van der Waals surface area contributed by atoms with Crippen molar-refractivity contribution in [1.29, 1.82) is 0 Å². The van der Waals surface area contributed by atoms with Crippen LogP contribution in [-0.4, -0.2) is 41.5 Å². The van der Waals surface area contributed by atoms with Gasteiger partial charge in [0.25, 0.3) is 0 Å². The molecule has 0 saturated heterocycles. The van der Waals surface area contributed by atoms with E-state index in [1.54, 1.807) is 6.26 Å². The number of fused-ring (bicyclic) bond motifs is 5. The lowest BCUT2D eigenvalue weighted by atomic mass is 9.43. The zero-order valence-corrected chi connectivity index (χ0v) is 19.8. The van der Waals surface area contributed by atoms with E-state index in [2.05, 4.69) is 6.92 Å². The molecule has 1 aromatic heterocycles. The molecule has 1 heterocycles. The molecule has 0 aliphatic heterocycles. The molecule has 4 aliphatic carbocycles. The van der Waals surface area contributed by atoms with Gasteiger partial charge in [-0.15, -0.1) is 0 Å². The normalized spacial score (nSPS) is 45.2. The third kappa shape index (κ3) is 3.54. The molecule has 1 aromatic rings. The zero-order chi connectivity index (χ0) is 23.6. The number of aliphatic hydroxyl groups is 2. The summed E-state index contributed by atoms with van der Waals surface area (Å²) in [7, 11) is -4.51. The fourth-order valence-corrected chi connectivity index (χ4v) is 9.17. The lowest BCUT2D eigenvalue weighted by Crippen LogP contribution is -2.63. The molecule has 0 aromatic carbocycles. The van der Waals surface area contributed by atoms with Crippen LogP contribution in [0.1, 0.15) is 76.2 Å². The highest BCUT2D eigenvalue weighted by atomic mass is 32.3. The summed E-state index contributed by atoms with van der Waals surface area (Å²) in [5.41, 5.74) is -0.997. The Morgan fingerprint density at radius 1 is 1.09 bits per heavy atom. The van der Waals surface area contributed by atoms with Crippen molar-refractivity contribution < 1.29 is 31.8 Å². The first-order valence-electron chi connectivity index (χ1n) is 12.1. The second-order valence-corrected chi connectivity index (χ2v) is 12.2. The minimum absolute atomic E-state index is 0.0114. The summed E-state index contributed by atoms with van der Waals surface area (Å²) in [5.74, 6) is 0.408. The van der Waals surface area contributed by atoms with Crippen molar-refractivity contribution >= 4 is 10.4 Å². The maximum absolute atomic E-state index is 12.2. The third-order valence-electron chi connectivity index (χ3n) is 10.2. The highest BCUT2D eigenvalue weighted by Gasteiger charge is 2.68. The van der Waals surface area contributed by atoms with Gasteiger partial charge in [-0.25, -0.2) is 8.98 Å². The topological polar surface area (TPSA) is 134 Å². The first-order chi connectivity index (χ1) is 15.5. The molecule has 9 heteroatoms. The minimum Gasteiger partial charge on any atom is -0.431 e. The van der Waals surface area contributed by atoms with E-state index in [1.165, 1.54) is 6.07 Å². The number of aliphatic hydroxyl groups excluding tert-OH is 1. The highest BCUT2D eigenvalue weighted by molar-refractivity contribution is 7.80. The molecule has 4 aliphatic rings. The van der Waals surface area contributed by atoms with Crippen LogP contribution >= 0.6 is 0 Å². The van der Waals surface area contributed by atoms with Crippen LogP contribution < -0.4 is 5.63 Å². The Hall–Kier alpha value is -1.26. The van der Waals surface area contributed by atoms with E-state index in [0.29, 0.717) is 25.7 Å². The van der Waals surface area contributed by atoms with Crippen LogP contribution in [0, 0.1) is 28.6 Å². The predicted octanol–water partition coefficient (Wildman–Crippen LogP) is 3.04. The lowest BCUT2D eigenvalue weighted by molar-refractivity contribution is -0.216. The van der Waals surface area contributed by atoms with Crippen LogP contribution in [-0.2, 0) is 14.6 Å². The van der Waals surface area contributed by atoms with Gasteiger partial charge in [0, 0.05) is 18.1 Å². The van der Waals surface area contributed by atoms with E-state index in [-0.39, 0.29) is 46.7 Å². The summed E-state index contributed by atoms with van der Waals surface area (Å²) in [6, 6.07) is 3.27. The van der Waals surface area contributed by atoms with Gasteiger partial charge in [0.1, 0.15) is 0 Å². The summed E-state index contributed by atoms with van der Waals surface area (Å²) < 4.78 is 41.6. The lowest BCUT2D eigenvalue weighted by Gasteiger charge is -2.64. The zero-order valence-electron chi connectivity index (χ0n) is 19.0. The van der Waals surface area contributed by atoms with Crippen molar-refractivity contribution in [3.63, 3.8) is 0 Å². The van der Waals surface area contributed by atoms with Gasteiger partial charge < -0.3 is 14.6 Å². The Morgan fingerprint density at radius 3 is 2.55 bits per heavy atom. The smallest absolute Gasteiger partial charge is 0.397 e. The molecule has 8 nitrogen and oxygen atoms in total. The molecule has 184 valence electrons. The molecule has 8 atom stereocenters. The molecular weight excluding hydrogens is 448 g/mol. The van der Waals surface area contributed by atoms with Crippen molar-refractivity contribution in [2.24, 2.45) is 28.6 Å². The predicted molar refractivity (Wildman–Crippen MR) is 119 cm³/mol. The minimum atomic E-state index is -4.51. The van der Waals surface area contributed by atoms with Crippen LogP contribution in [0.5, 0.6) is 0 Å². The van der Waals surface area contributed by atoms with Crippen LogP contribution in [0.3, 0.4) is 0 Å². The molecule has 5 rings (SSSR count). The summed E-state index contributed by atoms with van der Waals surface area (Å²) in [6.07, 6.45) is 7.35. The average Bonchev–Trinajstić information content (AvgIpc) is 3.04. The number of hydrogen-bond donors (Lipinski definition) is 3. The quantitative estimate of drug-likeness (QED) is 0.558. The fourth-order valence-electron chi connectivity index (χ4n) is 8.65. The van der Waals surface area contributed by atoms with E-state index >= 15 is 0 Å². The highest BCUT2D eigenvalue weighted by Crippen LogP contribution is 2.70.